The summed E-state index contributed by atoms with van der Waals surface area (Å²) in [5.41, 5.74) is 3.75. The molecule has 5 heteroatoms. The third-order valence-corrected chi connectivity index (χ3v) is 3.08. The number of aromatic nitrogens is 1. The van der Waals surface area contributed by atoms with Gasteiger partial charge in [0.15, 0.2) is 6.61 Å². The van der Waals surface area contributed by atoms with E-state index in [1.807, 2.05) is 37.3 Å². The quantitative estimate of drug-likeness (QED) is 0.897. The van der Waals surface area contributed by atoms with Crippen molar-refractivity contribution in [3.05, 3.63) is 47.8 Å². The second kappa shape index (κ2) is 5.21. The summed E-state index contributed by atoms with van der Waals surface area (Å²) < 4.78 is 5.32. The molecule has 1 amide bonds. The number of carbonyl (C=O) groups is 1. The third-order valence-electron chi connectivity index (χ3n) is 3.08. The Balaban J connectivity index is 1.70. The minimum absolute atomic E-state index is 0.0830. The van der Waals surface area contributed by atoms with Gasteiger partial charge in [-0.1, -0.05) is 6.07 Å². The highest BCUT2D eigenvalue weighted by Gasteiger charge is 2.15. The number of benzene rings is 1. The first-order valence-electron chi connectivity index (χ1n) is 6.43. The summed E-state index contributed by atoms with van der Waals surface area (Å²) in [4.78, 5) is 15.5. The Bertz CT molecular complexity index is 638. The molecule has 0 spiro atoms. The van der Waals surface area contributed by atoms with Crippen molar-refractivity contribution in [1.29, 1.82) is 0 Å². The largest absolute Gasteiger partial charge is 0.482 e. The smallest absolute Gasteiger partial charge is 0.262 e. The molecule has 0 radical (unpaired) electrons. The van der Waals surface area contributed by atoms with Crippen LogP contribution in [-0.2, 0) is 11.3 Å². The van der Waals surface area contributed by atoms with Crippen LogP contribution >= 0.6 is 0 Å². The van der Waals surface area contributed by atoms with E-state index >= 15 is 0 Å². The Morgan fingerprint density at radius 3 is 3.05 bits per heavy atom. The lowest BCUT2D eigenvalue weighted by atomic mass is 10.1. The van der Waals surface area contributed by atoms with E-state index in [2.05, 4.69) is 15.6 Å². The molecular weight excluding hydrogens is 254 g/mol. The van der Waals surface area contributed by atoms with Crippen LogP contribution in [0, 0.1) is 6.92 Å². The van der Waals surface area contributed by atoms with Crippen LogP contribution < -0.4 is 15.4 Å². The van der Waals surface area contributed by atoms with Gasteiger partial charge in [-0.25, -0.2) is 0 Å². The number of pyridine rings is 1. The van der Waals surface area contributed by atoms with Gasteiger partial charge in [-0.15, -0.1) is 0 Å². The average Bonchev–Trinajstić information content (AvgIpc) is 2.46. The van der Waals surface area contributed by atoms with E-state index in [1.54, 1.807) is 6.20 Å². The van der Waals surface area contributed by atoms with Crippen molar-refractivity contribution >= 4 is 17.3 Å². The summed E-state index contributed by atoms with van der Waals surface area (Å²) in [7, 11) is 0. The molecule has 1 aromatic carbocycles. The lowest BCUT2D eigenvalue weighted by Crippen LogP contribution is -2.25. The van der Waals surface area contributed by atoms with Gasteiger partial charge >= 0.3 is 0 Å². The third kappa shape index (κ3) is 2.71. The van der Waals surface area contributed by atoms with E-state index in [9.17, 15) is 4.79 Å². The van der Waals surface area contributed by atoms with Crippen molar-refractivity contribution in [2.75, 3.05) is 17.2 Å². The monoisotopic (exact) mass is 269 g/mol. The van der Waals surface area contributed by atoms with Gasteiger partial charge in [0.25, 0.3) is 5.91 Å². The number of rotatable bonds is 3. The van der Waals surface area contributed by atoms with Gasteiger partial charge in [-0.05, 0) is 36.8 Å². The zero-order valence-corrected chi connectivity index (χ0v) is 11.1. The number of nitrogens with zero attached hydrogens (tertiary/aromatic N) is 1. The Morgan fingerprint density at radius 1 is 1.35 bits per heavy atom. The van der Waals surface area contributed by atoms with Crippen molar-refractivity contribution in [2.24, 2.45) is 0 Å². The van der Waals surface area contributed by atoms with Crippen LogP contribution in [0.25, 0.3) is 0 Å². The molecule has 1 aromatic heterocycles. The van der Waals surface area contributed by atoms with Crippen LogP contribution in [0.2, 0.25) is 0 Å². The highest BCUT2D eigenvalue weighted by Crippen LogP contribution is 2.28. The maximum Gasteiger partial charge on any atom is 0.262 e. The molecule has 20 heavy (non-hydrogen) atoms. The lowest BCUT2D eigenvalue weighted by molar-refractivity contribution is -0.118. The number of ether oxygens (including phenoxy) is 1. The van der Waals surface area contributed by atoms with Crippen molar-refractivity contribution in [3.63, 3.8) is 0 Å². The molecule has 0 saturated carbocycles. The van der Waals surface area contributed by atoms with Crippen molar-refractivity contribution in [2.45, 2.75) is 13.5 Å². The van der Waals surface area contributed by atoms with Crippen LogP contribution in [0.4, 0.5) is 11.4 Å². The van der Waals surface area contributed by atoms with Crippen LogP contribution in [0.15, 0.2) is 36.5 Å². The molecule has 102 valence electrons. The molecule has 5 nitrogen and oxygen atoms in total. The average molecular weight is 269 g/mol. The minimum Gasteiger partial charge on any atom is -0.482 e. The van der Waals surface area contributed by atoms with Gasteiger partial charge in [0.2, 0.25) is 0 Å². The molecule has 0 aliphatic carbocycles. The van der Waals surface area contributed by atoms with Crippen molar-refractivity contribution < 1.29 is 9.53 Å². The minimum atomic E-state index is -0.120. The van der Waals surface area contributed by atoms with E-state index < -0.39 is 0 Å². The molecule has 0 unspecified atom stereocenters. The molecule has 0 bridgehead atoms. The van der Waals surface area contributed by atoms with Gasteiger partial charge in [0.05, 0.1) is 17.6 Å². The van der Waals surface area contributed by atoms with E-state index in [0.29, 0.717) is 12.3 Å². The Kier molecular flexibility index (Phi) is 3.25. The second-order valence-corrected chi connectivity index (χ2v) is 4.71. The highest BCUT2D eigenvalue weighted by atomic mass is 16.5. The van der Waals surface area contributed by atoms with Gasteiger partial charge in [-0.3, -0.25) is 9.78 Å². The summed E-state index contributed by atoms with van der Waals surface area (Å²) >= 11 is 0. The molecule has 0 atom stereocenters. The summed E-state index contributed by atoms with van der Waals surface area (Å²) in [6, 6.07) is 9.72. The predicted octanol–water partition coefficient (Wildman–Crippen LogP) is 2.33. The van der Waals surface area contributed by atoms with Crippen LogP contribution in [0.5, 0.6) is 5.75 Å². The SMILES string of the molecule is Cc1ccc(NCc2ccc3c(c2)NC(=O)CO3)cn1. The maximum atomic E-state index is 11.3. The van der Waals surface area contributed by atoms with Gasteiger partial charge < -0.3 is 15.4 Å². The summed E-state index contributed by atoms with van der Waals surface area (Å²) in [5.74, 6) is 0.593. The molecule has 0 saturated heterocycles. The number of carbonyl (C=O) groups excluding carboxylic acids is 1. The van der Waals surface area contributed by atoms with Crippen LogP contribution in [0.1, 0.15) is 11.3 Å². The van der Waals surface area contributed by atoms with E-state index in [1.165, 1.54) is 0 Å². The summed E-state index contributed by atoms with van der Waals surface area (Å²) in [6.07, 6.45) is 1.80. The van der Waals surface area contributed by atoms with Crippen molar-refractivity contribution in [1.82, 2.24) is 4.98 Å². The molecule has 3 rings (SSSR count). The number of fused-ring (bicyclic) bond motifs is 1. The zero-order valence-electron chi connectivity index (χ0n) is 11.1. The normalized spacial score (nSPS) is 13.2. The zero-order chi connectivity index (χ0) is 13.9. The fourth-order valence-electron chi connectivity index (χ4n) is 2.02. The molecule has 2 aromatic rings. The summed E-state index contributed by atoms with van der Waals surface area (Å²) in [6.45, 7) is 2.70. The van der Waals surface area contributed by atoms with Crippen LogP contribution in [-0.4, -0.2) is 17.5 Å². The summed E-state index contributed by atoms with van der Waals surface area (Å²) in [5, 5.41) is 6.09. The Labute approximate surface area is 117 Å². The predicted molar refractivity (Wildman–Crippen MR) is 76.9 cm³/mol. The molecule has 1 aliphatic heterocycles. The van der Waals surface area contributed by atoms with Gasteiger partial charge in [0, 0.05) is 12.2 Å². The molecule has 2 N–H and O–H groups in total. The number of hydrogen-bond donors (Lipinski definition) is 2. The number of anilines is 2. The van der Waals surface area contributed by atoms with Crippen LogP contribution in [0.3, 0.4) is 0 Å². The molecule has 2 heterocycles. The number of amides is 1. The van der Waals surface area contributed by atoms with Gasteiger partial charge in [0.1, 0.15) is 5.75 Å². The first kappa shape index (κ1) is 12.5. The first-order chi connectivity index (χ1) is 9.70. The number of nitrogens with one attached hydrogen (secondary N) is 2. The topological polar surface area (TPSA) is 63.2 Å². The second-order valence-electron chi connectivity index (χ2n) is 4.71. The molecule has 0 fully saturated rings. The standard InChI is InChI=1S/C15H15N3O2/c1-10-2-4-12(8-16-10)17-7-11-3-5-14-13(6-11)18-15(19)9-20-14/h2-6,8,17H,7,9H2,1H3,(H,18,19). The first-order valence-corrected chi connectivity index (χ1v) is 6.43. The number of hydrogen-bond acceptors (Lipinski definition) is 4. The van der Waals surface area contributed by atoms with E-state index in [0.717, 1.165) is 22.6 Å². The van der Waals surface area contributed by atoms with Crippen molar-refractivity contribution in [3.8, 4) is 5.75 Å². The fraction of sp³-hybridized carbons (Fsp3) is 0.200. The molecule has 1 aliphatic rings. The Morgan fingerprint density at radius 2 is 2.25 bits per heavy atom. The van der Waals surface area contributed by atoms with E-state index in [4.69, 9.17) is 4.74 Å². The molecular formula is C15H15N3O2. The van der Waals surface area contributed by atoms with Gasteiger partial charge in [-0.2, -0.15) is 0 Å². The highest BCUT2D eigenvalue weighted by molar-refractivity contribution is 5.95. The number of aryl methyl sites for hydroxylation is 1. The van der Waals surface area contributed by atoms with E-state index in [-0.39, 0.29) is 12.5 Å². The Hall–Kier alpha value is -2.56. The maximum absolute atomic E-state index is 11.3. The fourth-order valence-corrected chi connectivity index (χ4v) is 2.02. The lowest BCUT2D eigenvalue weighted by Gasteiger charge is -2.18.